The molecule has 1 aliphatic heterocycles. The Bertz CT molecular complexity index is 1070. The van der Waals surface area contributed by atoms with Crippen LogP contribution < -0.4 is 5.32 Å². The molecule has 2 aromatic rings. The summed E-state index contributed by atoms with van der Waals surface area (Å²) in [6.07, 6.45) is 1.35. The van der Waals surface area contributed by atoms with Gasteiger partial charge in [0.15, 0.2) is 0 Å². The van der Waals surface area contributed by atoms with Crippen molar-refractivity contribution in [3.05, 3.63) is 68.8 Å². The van der Waals surface area contributed by atoms with Crippen LogP contribution in [0.25, 0.3) is 0 Å². The number of nitrogens with one attached hydrogen (secondary N) is 1. The average Bonchev–Trinajstić information content (AvgIpc) is 3.14. The number of nitro benzene ring substituents is 1. The van der Waals surface area contributed by atoms with E-state index >= 15 is 0 Å². The summed E-state index contributed by atoms with van der Waals surface area (Å²) < 4.78 is 28.2. The van der Waals surface area contributed by atoms with E-state index in [1.807, 2.05) is 19.1 Å². The summed E-state index contributed by atoms with van der Waals surface area (Å²) in [6.45, 7) is 6.06. The fraction of sp³-hybridized carbons (Fsp3) is 0.381. The number of nitrogens with zero attached hydrogens (tertiary/aromatic N) is 2. The molecule has 0 bridgehead atoms. The minimum absolute atomic E-state index is 0.144. The molecule has 3 rings (SSSR count). The third kappa shape index (κ3) is 4.36. The predicted molar refractivity (Wildman–Crippen MR) is 113 cm³/mol. The van der Waals surface area contributed by atoms with Crippen LogP contribution in [0.15, 0.2) is 41.3 Å². The second-order valence-corrected chi connectivity index (χ2v) is 9.48. The predicted octanol–water partition coefficient (Wildman–Crippen LogP) is 3.10. The molecule has 0 unspecified atom stereocenters. The van der Waals surface area contributed by atoms with Crippen molar-refractivity contribution in [2.45, 2.75) is 44.6 Å². The van der Waals surface area contributed by atoms with Crippen molar-refractivity contribution >= 4 is 21.6 Å². The first-order chi connectivity index (χ1) is 14.1. The normalized spacial score (nSPS) is 17.1. The Morgan fingerprint density at radius 3 is 2.50 bits per heavy atom. The van der Waals surface area contributed by atoms with Gasteiger partial charge >= 0.3 is 0 Å². The van der Waals surface area contributed by atoms with E-state index in [0.717, 1.165) is 5.56 Å². The molecule has 9 heteroatoms. The van der Waals surface area contributed by atoms with Crippen LogP contribution in [-0.4, -0.2) is 42.7 Å². The molecule has 0 aromatic heterocycles. The number of sulfonamides is 1. The SMILES string of the molecule is Cc1cc(C)c(S(=O)(=O)N2CCC[C@@H]2CNC(=O)c2cccc([N+](=O)[O-])c2)c(C)c1. The van der Waals surface area contributed by atoms with E-state index in [0.29, 0.717) is 35.4 Å². The van der Waals surface area contributed by atoms with Gasteiger partial charge in [-0.15, -0.1) is 0 Å². The van der Waals surface area contributed by atoms with E-state index in [4.69, 9.17) is 0 Å². The van der Waals surface area contributed by atoms with Crippen LogP contribution >= 0.6 is 0 Å². The summed E-state index contributed by atoms with van der Waals surface area (Å²) in [5, 5.41) is 13.6. The first kappa shape index (κ1) is 21.9. The minimum atomic E-state index is -3.70. The van der Waals surface area contributed by atoms with Crippen molar-refractivity contribution in [2.24, 2.45) is 0 Å². The Morgan fingerprint density at radius 1 is 1.20 bits per heavy atom. The number of carbonyl (C=O) groups excluding carboxylic acids is 1. The molecule has 1 N–H and O–H groups in total. The summed E-state index contributed by atoms with van der Waals surface area (Å²) in [5.74, 6) is -0.467. The van der Waals surface area contributed by atoms with E-state index in [1.165, 1.54) is 28.6 Å². The van der Waals surface area contributed by atoms with Gasteiger partial charge in [-0.2, -0.15) is 4.31 Å². The highest BCUT2D eigenvalue weighted by Crippen LogP contribution is 2.30. The van der Waals surface area contributed by atoms with Crippen LogP contribution in [0.2, 0.25) is 0 Å². The second kappa shape index (κ2) is 8.53. The van der Waals surface area contributed by atoms with E-state index in [9.17, 15) is 23.3 Å². The summed E-state index contributed by atoms with van der Waals surface area (Å²) in [5.41, 5.74) is 2.42. The summed E-state index contributed by atoms with van der Waals surface area (Å²) in [4.78, 5) is 23.1. The zero-order valence-corrected chi connectivity index (χ0v) is 18.0. The first-order valence-electron chi connectivity index (χ1n) is 9.73. The Labute approximate surface area is 176 Å². The molecule has 1 heterocycles. The first-order valence-corrected chi connectivity index (χ1v) is 11.2. The average molecular weight is 432 g/mol. The van der Waals surface area contributed by atoms with E-state index in [2.05, 4.69) is 5.32 Å². The number of hydrogen-bond donors (Lipinski definition) is 1. The van der Waals surface area contributed by atoms with Gasteiger partial charge in [-0.3, -0.25) is 14.9 Å². The van der Waals surface area contributed by atoms with E-state index < -0.39 is 20.9 Å². The van der Waals surface area contributed by atoms with Gasteiger partial charge in [0.2, 0.25) is 10.0 Å². The van der Waals surface area contributed by atoms with Gasteiger partial charge in [0.25, 0.3) is 11.6 Å². The number of amides is 1. The second-order valence-electron chi connectivity index (χ2n) is 7.66. The topological polar surface area (TPSA) is 110 Å². The fourth-order valence-electron chi connectivity index (χ4n) is 4.09. The van der Waals surface area contributed by atoms with Crippen LogP contribution in [0.4, 0.5) is 5.69 Å². The number of carbonyl (C=O) groups is 1. The lowest BCUT2D eigenvalue weighted by atomic mass is 10.1. The molecular weight excluding hydrogens is 406 g/mol. The van der Waals surface area contributed by atoms with Crippen molar-refractivity contribution in [1.29, 1.82) is 0 Å². The van der Waals surface area contributed by atoms with E-state index in [1.54, 1.807) is 13.8 Å². The summed E-state index contributed by atoms with van der Waals surface area (Å²) >= 11 is 0. The number of benzene rings is 2. The molecule has 2 aromatic carbocycles. The van der Waals surface area contributed by atoms with Crippen molar-refractivity contribution in [1.82, 2.24) is 9.62 Å². The molecule has 0 aliphatic carbocycles. The highest BCUT2D eigenvalue weighted by molar-refractivity contribution is 7.89. The van der Waals surface area contributed by atoms with Crippen LogP contribution in [-0.2, 0) is 10.0 Å². The minimum Gasteiger partial charge on any atom is -0.350 e. The molecule has 1 amide bonds. The largest absolute Gasteiger partial charge is 0.350 e. The number of hydrogen-bond acceptors (Lipinski definition) is 5. The lowest BCUT2D eigenvalue weighted by molar-refractivity contribution is -0.384. The van der Waals surface area contributed by atoms with Crippen molar-refractivity contribution in [3.63, 3.8) is 0 Å². The Morgan fingerprint density at radius 2 is 1.87 bits per heavy atom. The number of nitro groups is 1. The van der Waals surface area contributed by atoms with E-state index in [-0.39, 0.29) is 23.8 Å². The van der Waals surface area contributed by atoms with Gasteiger partial charge in [0.1, 0.15) is 0 Å². The molecule has 0 radical (unpaired) electrons. The molecule has 1 aliphatic rings. The third-order valence-electron chi connectivity index (χ3n) is 5.31. The molecule has 1 saturated heterocycles. The van der Waals surface area contributed by atoms with Crippen LogP contribution in [0.5, 0.6) is 0 Å². The Hall–Kier alpha value is -2.78. The van der Waals surface area contributed by atoms with Crippen LogP contribution in [0.1, 0.15) is 39.9 Å². The standard InChI is InChI=1S/C21H25N3O5S/c1-14-10-15(2)20(16(3)11-14)30(28,29)23-9-5-8-19(23)13-22-21(25)17-6-4-7-18(12-17)24(26)27/h4,6-7,10-12,19H,5,8-9,13H2,1-3H3,(H,22,25)/t19-/m1/s1. The third-order valence-corrected chi connectivity index (χ3v) is 7.57. The van der Waals surface area contributed by atoms with Gasteiger partial charge in [-0.1, -0.05) is 23.8 Å². The maximum Gasteiger partial charge on any atom is 0.270 e. The number of non-ortho nitro benzene ring substituents is 1. The lowest BCUT2D eigenvalue weighted by Crippen LogP contribution is -2.43. The van der Waals surface area contributed by atoms with Crippen LogP contribution in [0.3, 0.4) is 0 Å². The number of rotatable bonds is 6. The highest BCUT2D eigenvalue weighted by atomic mass is 32.2. The lowest BCUT2D eigenvalue weighted by Gasteiger charge is -2.26. The quantitative estimate of drug-likeness (QED) is 0.558. The highest BCUT2D eigenvalue weighted by Gasteiger charge is 2.37. The zero-order chi connectivity index (χ0) is 22.1. The molecule has 8 nitrogen and oxygen atoms in total. The molecule has 0 saturated carbocycles. The molecular formula is C21H25N3O5S. The maximum absolute atomic E-state index is 13.4. The van der Waals surface area contributed by atoms with Gasteiger partial charge in [-0.05, 0) is 50.8 Å². The zero-order valence-electron chi connectivity index (χ0n) is 17.2. The summed E-state index contributed by atoms with van der Waals surface area (Å²) in [6, 6.07) is 8.81. The monoisotopic (exact) mass is 431 g/mol. The molecule has 30 heavy (non-hydrogen) atoms. The Balaban J connectivity index is 1.77. The Kier molecular flexibility index (Phi) is 6.23. The van der Waals surface area contributed by atoms with Crippen molar-refractivity contribution < 1.29 is 18.1 Å². The molecule has 1 fully saturated rings. The fourth-order valence-corrected chi connectivity index (χ4v) is 6.20. The van der Waals surface area contributed by atoms with Gasteiger partial charge < -0.3 is 5.32 Å². The molecule has 160 valence electrons. The van der Waals surface area contributed by atoms with Crippen molar-refractivity contribution in [2.75, 3.05) is 13.1 Å². The molecule has 0 spiro atoms. The van der Waals surface area contributed by atoms with Gasteiger partial charge in [-0.25, -0.2) is 8.42 Å². The van der Waals surface area contributed by atoms with Gasteiger partial charge in [0.05, 0.1) is 9.82 Å². The smallest absolute Gasteiger partial charge is 0.270 e. The van der Waals surface area contributed by atoms with Crippen LogP contribution in [0, 0.1) is 30.9 Å². The molecule has 1 atom stereocenters. The van der Waals surface area contributed by atoms with Crippen molar-refractivity contribution in [3.8, 4) is 0 Å². The number of aryl methyl sites for hydroxylation is 3. The maximum atomic E-state index is 13.4. The van der Waals surface area contributed by atoms with Gasteiger partial charge in [0, 0.05) is 36.8 Å². The summed E-state index contributed by atoms with van der Waals surface area (Å²) in [7, 11) is -3.70.